The molecule has 0 aromatic heterocycles. The fraction of sp³-hybridized carbons (Fsp3) is 0.357. The van der Waals surface area contributed by atoms with Crippen LogP contribution in [-0.2, 0) is 13.0 Å². The molecule has 0 saturated carbocycles. The summed E-state index contributed by atoms with van der Waals surface area (Å²) < 4.78 is 5.93. The third kappa shape index (κ3) is 6.11. The topological polar surface area (TPSA) is 15.7 Å². The van der Waals surface area contributed by atoms with Crippen LogP contribution in [0.2, 0.25) is 0 Å². The van der Waals surface area contributed by atoms with Crippen LogP contribution in [0, 0.1) is 0 Å². The maximum atomic E-state index is 5.93. The van der Waals surface area contributed by atoms with E-state index < -0.39 is 0 Å². The SMILES string of the molecule is CC(C)c1ccc(OCCc2ccc(CN3CCN(c4ccccc4)CC3)cc2)cc1. The monoisotopic (exact) mass is 414 g/mol. The smallest absolute Gasteiger partial charge is 0.119 e. The van der Waals surface area contributed by atoms with Gasteiger partial charge in [-0.2, -0.15) is 0 Å². The summed E-state index contributed by atoms with van der Waals surface area (Å²) in [5.74, 6) is 1.51. The molecule has 1 heterocycles. The van der Waals surface area contributed by atoms with E-state index >= 15 is 0 Å². The molecule has 0 N–H and O–H groups in total. The van der Waals surface area contributed by atoms with E-state index in [1.807, 2.05) is 0 Å². The number of ether oxygens (including phenoxy) is 1. The van der Waals surface area contributed by atoms with Crippen molar-refractivity contribution < 1.29 is 4.74 Å². The summed E-state index contributed by atoms with van der Waals surface area (Å²) in [7, 11) is 0. The lowest BCUT2D eigenvalue weighted by Crippen LogP contribution is -2.45. The molecule has 3 nitrogen and oxygen atoms in total. The third-order valence-corrected chi connectivity index (χ3v) is 6.13. The zero-order chi connectivity index (χ0) is 21.5. The predicted octanol–water partition coefficient (Wildman–Crippen LogP) is 5.75. The molecule has 0 atom stereocenters. The van der Waals surface area contributed by atoms with Crippen molar-refractivity contribution in [3.05, 3.63) is 95.6 Å². The summed E-state index contributed by atoms with van der Waals surface area (Å²) in [5.41, 5.74) is 5.41. The van der Waals surface area contributed by atoms with Crippen LogP contribution < -0.4 is 9.64 Å². The van der Waals surface area contributed by atoms with Crippen LogP contribution in [0.4, 0.5) is 5.69 Å². The fourth-order valence-electron chi connectivity index (χ4n) is 4.11. The van der Waals surface area contributed by atoms with E-state index in [2.05, 4.69) is 103 Å². The largest absolute Gasteiger partial charge is 0.493 e. The Kier molecular flexibility index (Phi) is 7.26. The van der Waals surface area contributed by atoms with Crippen LogP contribution in [0.5, 0.6) is 5.75 Å². The Morgan fingerprint density at radius 3 is 2.03 bits per heavy atom. The van der Waals surface area contributed by atoms with Crippen molar-refractivity contribution in [2.45, 2.75) is 32.7 Å². The summed E-state index contributed by atoms with van der Waals surface area (Å²) >= 11 is 0. The van der Waals surface area contributed by atoms with E-state index in [4.69, 9.17) is 4.74 Å². The summed E-state index contributed by atoms with van der Waals surface area (Å²) in [5, 5.41) is 0. The fourth-order valence-corrected chi connectivity index (χ4v) is 4.11. The average molecular weight is 415 g/mol. The highest BCUT2D eigenvalue weighted by atomic mass is 16.5. The Balaban J connectivity index is 1.20. The average Bonchev–Trinajstić information content (AvgIpc) is 2.82. The third-order valence-electron chi connectivity index (χ3n) is 6.13. The number of nitrogens with zero attached hydrogens (tertiary/aromatic N) is 2. The number of benzene rings is 3. The van der Waals surface area contributed by atoms with Crippen LogP contribution in [0.25, 0.3) is 0 Å². The molecule has 1 saturated heterocycles. The Bertz CT molecular complexity index is 911. The van der Waals surface area contributed by atoms with Crippen molar-refractivity contribution >= 4 is 5.69 Å². The van der Waals surface area contributed by atoms with Crippen LogP contribution in [-0.4, -0.2) is 37.7 Å². The van der Waals surface area contributed by atoms with Gasteiger partial charge in [0.25, 0.3) is 0 Å². The van der Waals surface area contributed by atoms with Gasteiger partial charge in [0.2, 0.25) is 0 Å². The molecule has 0 unspecified atom stereocenters. The number of hydrogen-bond donors (Lipinski definition) is 0. The minimum absolute atomic E-state index is 0.556. The molecule has 31 heavy (non-hydrogen) atoms. The highest BCUT2D eigenvalue weighted by Gasteiger charge is 2.17. The first-order chi connectivity index (χ1) is 15.2. The van der Waals surface area contributed by atoms with Crippen molar-refractivity contribution in [3.8, 4) is 5.75 Å². The number of hydrogen-bond acceptors (Lipinski definition) is 3. The van der Waals surface area contributed by atoms with Gasteiger partial charge in [0.15, 0.2) is 0 Å². The molecule has 1 aliphatic heterocycles. The van der Waals surface area contributed by atoms with Crippen LogP contribution in [0.3, 0.4) is 0 Å². The number of para-hydroxylation sites is 1. The van der Waals surface area contributed by atoms with E-state index in [1.165, 1.54) is 22.4 Å². The van der Waals surface area contributed by atoms with Gasteiger partial charge in [0.05, 0.1) is 6.61 Å². The normalized spacial score (nSPS) is 14.7. The molecule has 0 aliphatic carbocycles. The van der Waals surface area contributed by atoms with Crippen LogP contribution in [0.15, 0.2) is 78.9 Å². The van der Waals surface area contributed by atoms with E-state index in [-0.39, 0.29) is 0 Å². The molecule has 4 rings (SSSR count). The second-order valence-electron chi connectivity index (χ2n) is 8.74. The molecular formula is C28H34N2O. The zero-order valence-corrected chi connectivity index (χ0v) is 18.8. The Morgan fingerprint density at radius 2 is 1.39 bits per heavy atom. The van der Waals surface area contributed by atoms with Crippen molar-refractivity contribution in [3.63, 3.8) is 0 Å². The molecule has 3 aromatic carbocycles. The molecule has 0 spiro atoms. The first kappa shape index (κ1) is 21.5. The molecule has 3 aromatic rings. The highest BCUT2D eigenvalue weighted by Crippen LogP contribution is 2.19. The minimum atomic E-state index is 0.556. The maximum Gasteiger partial charge on any atom is 0.119 e. The Labute approximate surface area is 187 Å². The van der Waals surface area contributed by atoms with E-state index in [1.54, 1.807) is 0 Å². The molecule has 3 heteroatoms. The van der Waals surface area contributed by atoms with Crippen molar-refractivity contribution in [1.82, 2.24) is 4.90 Å². The number of piperazine rings is 1. The summed E-state index contributed by atoms with van der Waals surface area (Å²) in [4.78, 5) is 5.04. The summed E-state index contributed by atoms with van der Waals surface area (Å²) in [6.45, 7) is 10.6. The van der Waals surface area contributed by atoms with Gasteiger partial charge in [-0.1, -0.05) is 68.4 Å². The molecule has 1 aliphatic rings. The van der Waals surface area contributed by atoms with Gasteiger partial charge in [0.1, 0.15) is 5.75 Å². The van der Waals surface area contributed by atoms with E-state index in [9.17, 15) is 0 Å². The van der Waals surface area contributed by atoms with Gasteiger partial charge >= 0.3 is 0 Å². The van der Waals surface area contributed by atoms with Crippen LogP contribution >= 0.6 is 0 Å². The second-order valence-corrected chi connectivity index (χ2v) is 8.74. The lowest BCUT2D eigenvalue weighted by molar-refractivity contribution is 0.250. The van der Waals surface area contributed by atoms with Crippen molar-refractivity contribution in [2.24, 2.45) is 0 Å². The van der Waals surface area contributed by atoms with Gasteiger partial charge in [-0.3, -0.25) is 4.90 Å². The van der Waals surface area contributed by atoms with Crippen LogP contribution in [0.1, 0.15) is 36.5 Å². The molecule has 0 bridgehead atoms. The van der Waals surface area contributed by atoms with E-state index in [0.29, 0.717) is 12.5 Å². The van der Waals surface area contributed by atoms with Gasteiger partial charge in [-0.05, 0) is 46.9 Å². The van der Waals surface area contributed by atoms with Gasteiger partial charge in [-0.15, -0.1) is 0 Å². The quantitative estimate of drug-likeness (QED) is 0.466. The first-order valence-electron chi connectivity index (χ1n) is 11.5. The minimum Gasteiger partial charge on any atom is -0.493 e. The predicted molar refractivity (Wildman–Crippen MR) is 130 cm³/mol. The lowest BCUT2D eigenvalue weighted by atomic mass is 10.0. The van der Waals surface area contributed by atoms with Crippen molar-refractivity contribution in [2.75, 3.05) is 37.7 Å². The molecule has 1 fully saturated rings. The number of rotatable bonds is 8. The summed E-state index contributed by atoms with van der Waals surface area (Å²) in [6, 6.07) is 28.3. The summed E-state index contributed by atoms with van der Waals surface area (Å²) in [6.07, 6.45) is 0.933. The Hall–Kier alpha value is -2.78. The molecule has 0 radical (unpaired) electrons. The molecule has 0 amide bonds. The van der Waals surface area contributed by atoms with E-state index in [0.717, 1.165) is 44.9 Å². The standard InChI is InChI=1S/C28H34N2O/c1-23(2)26-12-14-28(15-13-26)31-21-16-24-8-10-25(11-9-24)22-29-17-19-30(20-18-29)27-6-4-3-5-7-27/h3-15,23H,16-22H2,1-2H3. The highest BCUT2D eigenvalue weighted by molar-refractivity contribution is 5.46. The molecule has 162 valence electrons. The second kappa shape index (κ2) is 10.5. The molecular weight excluding hydrogens is 380 g/mol. The maximum absolute atomic E-state index is 5.93. The van der Waals surface area contributed by atoms with Crippen molar-refractivity contribution in [1.29, 1.82) is 0 Å². The lowest BCUT2D eigenvalue weighted by Gasteiger charge is -2.36. The zero-order valence-electron chi connectivity index (χ0n) is 18.8. The van der Waals surface area contributed by atoms with Gasteiger partial charge in [-0.25, -0.2) is 0 Å². The number of anilines is 1. The van der Waals surface area contributed by atoms with Gasteiger partial charge in [0, 0.05) is 44.8 Å². The van der Waals surface area contributed by atoms with Gasteiger partial charge < -0.3 is 9.64 Å². The Morgan fingerprint density at radius 1 is 0.742 bits per heavy atom. The first-order valence-corrected chi connectivity index (χ1v) is 11.5.